The smallest absolute Gasteiger partial charge is 0.251 e. The average Bonchev–Trinajstić information content (AvgIpc) is 2.84. The summed E-state index contributed by atoms with van der Waals surface area (Å²) in [6.07, 6.45) is 0. The Hall–Kier alpha value is -1.77. The van der Waals surface area contributed by atoms with E-state index in [1.807, 2.05) is 0 Å². The van der Waals surface area contributed by atoms with Gasteiger partial charge in [0.05, 0.1) is 6.54 Å². The van der Waals surface area contributed by atoms with E-state index in [1.54, 1.807) is 13.0 Å². The van der Waals surface area contributed by atoms with E-state index in [2.05, 4.69) is 5.32 Å². The summed E-state index contributed by atoms with van der Waals surface area (Å²) < 4.78 is 35.3. The minimum Gasteiger partial charge on any atom is -0.347 e. The minimum atomic E-state index is -3.72. The Morgan fingerprint density at radius 2 is 2.05 bits per heavy atom. The molecule has 0 atom stereocenters. The first-order valence-electron chi connectivity index (χ1n) is 5.93. The van der Waals surface area contributed by atoms with Crippen LogP contribution in [0.5, 0.6) is 0 Å². The zero-order valence-corrected chi connectivity index (χ0v) is 12.7. The molecule has 0 radical (unpaired) electrons. The quantitative estimate of drug-likeness (QED) is 0.896. The lowest BCUT2D eigenvalue weighted by molar-refractivity contribution is 0.0950. The lowest BCUT2D eigenvalue weighted by atomic mass is 10.1. The van der Waals surface area contributed by atoms with E-state index in [0.29, 0.717) is 16.0 Å². The highest BCUT2D eigenvalue weighted by Gasteiger charge is 2.13. The van der Waals surface area contributed by atoms with Crippen molar-refractivity contribution in [2.24, 2.45) is 5.14 Å². The van der Waals surface area contributed by atoms with Crippen LogP contribution in [0, 0.1) is 12.7 Å². The van der Waals surface area contributed by atoms with Crippen molar-refractivity contribution < 1.29 is 17.6 Å². The van der Waals surface area contributed by atoms with Gasteiger partial charge in [0.1, 0.15) is 10.0 Å². The second-order valence-electron chi connectivity index (χ2n) is 4.41. The predicted octanol–water partition coefficient (Wildman–Crippen LogP) is 1.77. The highest BCUT2D eigenvalue weighted by molar-refractivity contribution is 7.91. The monoisotopic (exact) mass is 328 g/mol. The van der Waals surface area contributed by atoms with Crippen molar-refractivity contribution in [1.82, 2.24) is 5.32 Å². The maximum atomic E-state index is 13.0. The molecule has 0 aliphatic rings. The Balaban J connectivity index is 2.06. The molecular formula is C13H13FN2O3S2. The molecule has 0 saturated carbocycles. The maximum absolute atomic E-state index is 13.0. The number of nitrogens with one attached hydrogen (secondary N) is 1. The average molecular weight is 328 g/mol. The van der Waals surface area contributed by atoms with Crippen LogP contribution in [-0.4, -0.2) is 14.3 Å². The van der Waals surface area contributed by atoms with Crippen molar-refractivity contribution in [2.75, 3.05) is 0 Å². The first-order valence-corrected chi connectivity index (χ1v) is 8.29. The molecule has 0 aliphatic heterocycles. The molecule has 1 amide bonds. The molecule has 1 aromatic carbocycles. The Kier molecular flexibility index (Phi) is 4.40. The molecule has 3 N–H and O–H groups in total. The Morgan fingerprint density at radius 1 is 1.33 bits per heavy atom. The van der Waals surface area contributed by atoms with Crippen LogP contribution in [0.2, 0.25) is 0 Å². The third-order valence-corrected chi connectivity index (χ3v) is 5.30. The van der Waals surface area contributed by atoms with Crippen LogP contribution < -0.4 is 10.5 Å². The minimum absolute atomic E-state index is 0.0460. The number of benzene rings is 1. The predicted molar refractivity (Wildman–Crippen MR) is 78.0 cm³/mol. The molecule has 0 fully saturated rings. The van der Waals surface area contributed by atoms with Gasteiger partial charge in [-0.3, -0.25) is 4.79 Å². The number of hydrogen-bond acceptors (Lipinski definition) is 4. The van der Waals surface area contributed by atoms with Crippen molar-refractivity contribution in [3.8, 4) is 0 Å². The number of thiophene rings is 1. The van der Waals surface area contributed by atoms with Crippen LogP contribution in [0.4, 0.5) is 4.39 Å². The molecule has 0 spiro atoms. The summed E-state index contributed by atoms with van der Waals surface area (Å²) in [5, 5.41) is 7.66. The topological polar surface area (TPSA) is 89.3 Å². The molecule has 2 aromatic rings. The summed E-state index contributed by atoms with van der Waals surface area (Å²) in [6, 6.07) is 6.88. The molecule has 1 heterocycles. The van der Waals surface area contributed by atoms with Gasteiger partial charge >= 0.3 is 0 Å². The van der Waals surface area contributed by atoms with Gasteiger partial charge in [-0.2, -0.15) is 0 Å². The molecule has 2 rings (SSSR count). The van der Waals surface area contributed by atoms with E-state index < -0.39 is 15.8 Å². The van der Waals surface area contributed by atoms with Crippen molar-refractivity contribution in [2.45, 2.75) is 17.7 Å². The Morgan fingerprint density at radius 3 is 2.62 bits per heavy atom. The van der Waals surface area contributed by atoms with Gasteiger partial charge in [-0.15, -0.1) is 11.3 Å². The Bertz CT molecular complexity index is 784. The van der Waals surface area contributed by atoms with Gasteiger partial charge in [-0.1, -0.05) is 0 Å². The zero-order chi connectivity index (χ0) is 15.6. The van der Waals surface area contributed by atoms with Crippen LogP contribution in [0.25, 0.3) is 0 Å². The molecule has 8 heteroatoms. The number of nitrogens with two attached hydrogens (primary N) is 1. The van der Waals surface area contributed by atoms with Crippen molar-refractivity contribution >= 4 is 27.3 Å². The number of halogens is 1. The first kappa shape index (κ1) is 15.6. The lowest BCUT2D eigenvalue weighted by Crippen LogP contribution is -2.23. The fourth-order valence-corrected chi connectivity index (χ4v) is 3.47. The van der Waals surface area contributed by atoms with Crippen LogP contribution in [-0.2, 0) is 16.6 Å². The van der Waals surface area contributed by atoms with Crippen molar-refractivity contribution in [3.05, 3.63) is 52.2 Å². The third kappa shape index (κ3) is 3.87. The third-order valence-electron chi connectivity index (χ3n) is 2.77. The molecule has 0 saturated heterocycles. The normalized spacial score (nSPS) is 11.4. The molecular weight excluding hydrogens is 315 g/mol. The van der Waals surface area contributed by atoms with Crippen LogP contribution in [0.1, 0.15) is 20.8 Å². The van der Waals surface area contributed by atoms with Crippen LogP contribution in [0.3, 0.4) is 0 Å². The maximum Gasteiger partial charge on any atom is 0.251 e. The van der Waals surface area contributed by atoms with Crippen LogP contribution in [0.15, 0.2) is 34.5 Å². The number of aryl methyl sites for hydroxylation is 1. The number of amides is 1. The molecule has 112 valence electrons. The van der Waals surface area contributed by atoms with Crippen molar-refractivity contribution in [3.63, 3.8) is 0 Å². The van der Waals surface area contributed by atoms with E-state index in [4.69, 9.17) is 5.14 Å². The fourth-order valence-electron chi connectivity index (χ4n) is 1.75. The van der Waals surface area contributed by atoms with Gasteiger partial charge in [0.2, 0.25) is 10.0 Å². The van der Waals surface area contributed by atoms with Gasteiger partial charge in [-0.05, 0) is 42.8 Å². The summed E-state index contributed by atoms with van der Waals surface area (Å²) in [6.45, 7) is 1.82. The van der Waals surface area contributed by atoms with Gasteiger partial charge in [-0.25, -0.2) is 17.9 Å². The summed E-state index contributed by atoms with van der Waals surface area (Å²) >= 11 is 0.996. The second-order valence-corrected chi connectivity index (χ2v) is 7.36. The molecule has 21 heavy (non-hydrogen) atoms. The number of sulfonamides is 1. The number of carbonyl (C=O) groups is 1. The Labute approximate surface area is 125 Å². The summed E-state index contributed by atoms with van der Waals surface area (Å²) in [7, 11) is -3.72. The van der Waals surface area contributed by atoms with E-state index in [1.165, 1.54) is 24.3 Å². The molecule has 0 aliphatic carbocycles. The molecule has 0 unspecified atom stereocenters. The molecule has 1 aromatic heterocycles. The highest BCUT2D eigenvalue weighted by atomic mass is 32.2. The summed E-state index contributed by atoms with van der Waals surface area (Å²) in [4.78, 5) is 12.6. The van der Waals surface area contributed by atoms with Crippen LogP contribution >= 0.6 is 11.3 Å². The fraction of sp³-hybridized carbons (Fsp3) is 0.154. The van der Waals surface area contributed by atoms with Gasteiger partial charge in [0.25, 0.3) is 5.91 Å². The van der Waals surface area contributed by atoms with Crippen molar-refractivity contribution in [1.29, 1.82) is 0 Å². The van der Waals surface area contributed by atoms with Gasteiger partial charge in [0, 0.05) is 10.4 Å². The van der Waals surface area contributed by atoms with Gasteiger partial charge in [0.15, 0.2) is 0 Å². The largest absolute Gasteiger partial charge is 0.347 e. The van der Waals surface area contributed by atoms with Gasteiger partial charge < -0.3 is 5.32 Å². The van der Waals surface area contributed by atoms with E-state index >= 15 is 0 Å². The number of carbonyl (C=O) groups excluding carboxylic acids is 1. The van der Waals surface area contributed by atoms with E-state index in [0.717, 1.165) is 11.3 Å². The summed E-state index contributed by atoms with van der Waals surface area (Å²) in [5.74, 6) is -0.752. The number of rotatable bonds is 4. The molecule has 5 nitrogen and oxygen atoms in total. The SMILES string of the molecule is Cc1cc(F)ccc1C(=O)NCc1ccc(S(N)(=O)=O)s1. The standard InChI is InChI=1S/C13H13FN2O3S2/c1-8-6-9(14)2-4-11(8)13(17)16-7-10-3-5-12(20-10)21(15,18)19/h2-6H,7H2,1H3,(H,16,17)(H2,15,18,19). The number of hydrogen-bond donors (Lipinski definition) is 2. The zero-order valence-electron chi connectivity index (χ0n) is 11.1. The number of primary sulfonamides is 1. The summed E-state index contributed by atoms with van der Waals surface area (Å²) in [5.41, 5.74) is 0.906. The highest BCUT2D eigenvalue weighted by Crippen LogP contribution is 2.20. The van der Waals surface area contributed by atoms with E-state index in [-0.39, 0.29) is 16.7 Å². The van der Waals surface area contributed by atoms with E-state index in [9.17, 15) is 17.6 Å². The first-order chi connectivity index (χ1) is 9.77. The molecule has 0 bridgehead atoms. The second kappa shape index (κ2) is 5.92. The lowest BCUT2D eigenvalue weighted by Gasteiger charge is -2.06.